The second-order valence-corrected chi connectivity index (χ2v) is 7.80. The molecule has 0 aliphatic heterocycles. The number of nitrogens with one attached hydrogen (secondary N) is 1. The van der Waals surface area contributed by atoms with Gasteiger partial charge in [0.25, 0.3) is 0 Å². The monoisotopic (exact) mass is 454 g/mol. The molecule has 2 aromatic carbocycles. The van der Waals surface area contributed by atoms with E-state index in [1.54, 1.807) is 23.7 Å². The minimum atomic E-state index is -0.436. The zero-order valence-electron chi connectivity index (χ0n) is 15.4. The number of ether oxygens (including phenoxy) is 1. The van der Waals surface area contributed by atoms with Crippen LogP contribution in [0, 0.1) is 5.82 Å². The van der Waals surface area contributed by atoms with Gasteiger partial charge in [0.05, 0.1) is 10.8 Å². The van der Waals surface area contributed by atoms with E-state index < -0.39 is 5.82 Å². The quantitative estimate of drug-likeness (QED) is 0.515. The summed E-state index contributed by atoms with van der Waals surface area (Å²) in [6.45, 7) is 0.533. The van der Waals surface area contributed by atoms with Gasteiger partial charge in [-0.25, -0.2) is 4.39 Å². The number of hydrogen-bond donors (Lipinski definition) is 1. The van der Waals surface area contributed by atoms with Crippen LogP contribution >= 0.6 is 35.0 Å². The van der Waals surface area contributed by atoms with Crippen LogP contribution in [0.2, 0.25) is 10.0 Å². The maximum atomic E-state index is 13.1. The fourth-order valence-corrected chi connectivity index (χ4v) is 3.42. The van der Waals surface area contributed by atoms with Crippen molar-refractivity contribution in [2.24, 2.45) is 7.05 Å². The molecule has 0 bridgehead atoms. The topological polar surface area (TPSA) is 69.0 Å². The molecule has 10 heteroatoms. The van der Waals surface area contributed by atoms with Crippen LogP contribution in [0.4, 0.5) is 4.39 Å². The first-order valence-electron chi connectivity index (χ1n) is 8.52. The normalized spacial score (nSPS) is 10.8. The van der Waals surface area contributed by atoms with E-state index in [2.05, 4.69) is 15.5 Å². The second-order valence-electron chi connectivity index (χ2n) is 6.01. The number of benzene rings is 2. The Morgan fingerprint density at radius 2 is 1.97 bits per heavy atom. The molecule has 1 N–H and O–H groups in total. The van der Waals surface area contributed by atoms with Crippen LogP contribution < -0.4 is 10.1 Å². The summed E-state index contributed by atoms with van der Waals surface area (Å²) in [5.41, 5.74) is 0.963. The summed E-state index contributed by atoms with van der Waals surface area (Å²) in [6.07, 6.45) is 0. The molecule has 0 saturated carbocycles. The van der Waals surface area contributed by atoms with Crippen molar-refractivity contribution in [3.63, 3.8) is 0 Å². The van der Waals surface area contributed by atoms with Gasteiger partial charge in [0.1, 0.15) is 18.2 Å². The van der Waals surface area contributed by atoms with Crippen molar-refractivity contribution in [3.05, 3.63) is 69.7 Å². The molecule has 29 heavy (non-hydrogen) atoms. The van der Waals surface area contributed by atoms with Gasteiger partial charge in [0.15, 0.2) is 11.0 Å². The summed E-state index contributed by atoms with van der Waals surface area (Å²) >= 11 is 13.1. The molecular formula is C19H17Cl2FN4O2S. The number of rotatable bonds is 8. The number of thioether (sulfide) groups is 1. The highest BCUT2D eigenvalue weighted by Gasteiger charge is 2.13. The fraction of sp³-hybridized carbons (Fsp3) is 0.211. The predicted octanol–water partition coefficient (Wildman–Crippen LogP) is 4.25. The molecule has 1 heterocycles. The Hall–Kier alpha value is -2.29. The van der Waals surface area contributed by atoms with Crippen LogP contribution in [0.15, 0.2) is 47.6 Å². The highest BCUT2D eigenvalue weighted by molar-refractivity contribution is 7.99. The maximum Gasteiger partial charge on any atom is 0.230 e. The molecule has 152 valence electrons. The average molecular weight is 455 g/mol. The van der Waals surface area contributed by atoms with Gasteiger partial charge in [-0.3, -0.25) is 4.79 Å². The third kappa shape index (κ3) is 6.09. The SMILES string of the molecule is Cn1c(COc2ccc(F)cc2Cl)nnc1SCC(=O)NCc1ccc(Cl)cc1. The zero-order valence-corrected chi connectivity index (χ0v) is 17.7. The Morgan fingerprint density at radius 3 is 2.69 bits per heavy atom. The van der Waals surface area contributed by atoms with Crippen molar-refractivity contribution in [2.75, 3.05) is 5.75 Å². The lowest BCUT2D eigenvalue weighted by molar-refractivity contribution is -0.118. The highest BCUT2D eigenvalue weighted by Crippen LogP contribution is 2.26. The lowest BCUT2D eigenvalue weighted by Crippen LogP contribution is -2.24. The molecule has 0 fully saturated rings. The van der Waals surface area contributed by atoms with Crippen molar-refractivity contribution >= 4 is 40.9 Å². The number of hydrogen-bond acceptors (Lipinski definition) is 5. The van der Waals surface area contributed by atoms with Gasteiger partial charge >= 0.3 is 0 Å². The van der Waals surface area contributed by atoms with E-state index in [-0.39, 0.29) is 23.3 Å². The van der Waals surface area contributed by atoms with Crippen LogP contribution in [0.3, 0.4) is 0 Å². The van der Waals surface area contributed by atoms with Gasteiger partial charge in [-0.2, -0.15) is 0 Å². The molecule has 6 nitrogen and oxygen atoms in total. The van der Waals surface area contributed by atoms with Gasteiger partial charge in [0, 0.05) is 18.6 Å². The average Bonchev–Trinajstić information content (AvgIpc) is 3.05. The summed E-state index contributed by atoms with van der Waals surface area (Å²) < 4.78 is 20.4. The second kappa shape index (κ2) is 9.96. The third-order valence-corrected chi connectivity index (χ3v) is 5.48. The van der Waals surface area contributed by atoms with E-state index in [0.717, 1.165) is 5.56 Å². The molecule has 0 aliphatic carbocycles. The molecule has 0 aliphatic rings. The summed E-state index contributed by atoms with van der Waals surface area (Å²) in [5.74, 6) is 0.545. The lowest BCUT2D eigenvalue weighted by Gasteiger charge is -2.08. The van der Waals surface area contributed by atoms with Gasteiger partial charge in [-0.1, -0.05) is 47.1 Å². The standard InChI is InChI=1S/C19H17Cl2FN4O2S/c1-26-17(10-28-16-7-6-14(22)8-15(16)21)24-25-19(26)29-11-18(27)23-9-12-2-4-13(20)5-3-12/h2-8H,9-11H2,1H3,(H,23,27). The Bertz CT molecular complexity index is 998. The Morgan fingerprint density at radius 1 is 1.21 bits per heavy atom. The van der Waals surface area contributed by atoms with E-state index >= 15 is 0 Å². The van der Waals surface area contributed by atoms with Crippen molar-refractivity contribution in [1.82, 2.24) is 20.1 Å². The number of carbonyl (C=O) groups is 1. The molecule has 0 atom stereocenters. The van der Waals surface area contributed by atoms with E-state index in [4.69, 9.17) is 27.9 Å². The van der Waals surface area contributed by atoms with Crippen LogP contribution in [0.1, 0.15) is 11.4 Å². The Balaban J connectivity index is 1.48. The van der Waals surface area contributed by atoms with Crippen LogP contribution in [-0.2, 0) is 25.0 Å². The first-order chi connectivity index (χ1) is 13.9. The lowest BCUT2D eigenvalue weighted by atomic mass is 10.2. The van der Waals surface area contributed by atoms with Crippen LogP contribution in [0.25, 0.3) is 0 Å². The third-order valence-electron chi connectivity index (χ3n) is 3.91. The Kier molecular flexibility index (Phi) is 7.35. The molecule has 3 aromatic rings. The molecule has 3 rings (SSSR count). The minimum absolute atomic E-state index is 0.109. The smallest absolute Gasteiger partial charge is 0.230 e. The molecule has 0 radical (unpaired) electrons. The van der Waals surface area contributed by atoms with Gasteiger partial charge in [-0.05, 0) is 35.9 Å². The summed E-state index contributed by atoms with van der Waals surface area (Å²) in [6, 6.07) is 11.2. The number of halogens is 3. The number of carbonyl (C=O) groups excluding carboxylic acids is 1. The predicted molar refractivity (Wildman–Crippen MR) is 111 cm³/mol. The molecular weight excluding hydrogens is 438 g/mol. The van der Waals surface area contributed by atoms with Gasteiger partial charge < -0.3 is 14.6 Å². The van der Waals surface area contributed by atoms with E-state index in [1.165, 1.54) is 30.0 Å². The van der Waals surface area contributed by atoms with Crippen molar-refractivity contribution < 1.29 is 13.9 Å². The largest absolute Gasteiger partial charge is 0.484 e. The number of amides is 1. The number of aromatic nitrogens is 3. The first kappa shape index (κ1) is 21.4. The Labute approximate surface area is 181 Å². The van der Waals surface area contributed by atoms with Gasteiger partial charge in [0.2, 0.25) is 5.91 Å². The minimum Gasteiger partial charge on any atom is -0.484 e. The van der Waals surface area contributed by atoms with Crippen LogP contribution in [-0.4, -0.2) is 26.4 Å². The van der Waals surface area contributed by atoms with E-state index in [0.29, 0.717) is 28.3 Å². The summed E-state index contributed by atoms with van der Waals surface area (Å²) in [4.78, 5) is 12.1. The fourth-order valence-electron chi connectivity index (χ4n) is 2.32. The van der Waals surface area contributed by atoms with Crippen molar-refractivity contribution in [2.45, 2.75) is 18.3 Å². The van der Waals surface area contributed by atoms with Gasteiger partial charge in [-0.15, -0.1) is 10.2 Å². The van der Waals surface area contributed by atoms with E-state index in [1.807, 2.05) is 12.1 Å². The highest BCUT2D eigenvalue weighted by atomic mass is 35.5. The number of nitrogens with zero attached hydrogens (tertiary/aromatic N) is 3. The molecule has 0 unspecified atom stereocenters. The summed E-state index contributed by atoms with van der Waals surface area (Å²) in [5, 5.41) is 12.4. The molecule has 0 saturated heterocycles. The maximum absolute atomic E-state index is 13.1. The van der Waals surface area contributed by atoms with Crippen molar-refractivity contribution in [1.29, 1.82) is 0 Å². The summed E-state index contributed by atoms with van der Waals surface area (Å²) in [7, 11) is 1.78. The molecule has 1 amide bonds. The van der Waals surface area contributed by atoms with Crippen molar-refractivity contribution in [3.8, 4) is 5.75 Å². The molecule has 0 spiro atoms. The van der Waals surface area contributed by atoms with Crippen LogP contribution in [0.5, 0.6) is 5.75 Å². The first-order valence-corrected chi connectivity index (χ1v) is 10.3. The molecule has 1 aromatic heterocycles. The van der Waals surface area contributed by atoms with E-state index in [9.17, 15) is 9.18 Å². The zero-order chi connectivity index (χ0) is 20.8.